The van der Waals surface area contributed by atoms with Crippen LogP contribution in [0.5, 0.6) is 5.75 Å². The Bertz CT molecular complexity index is 1020. The largest absolute Gasteiger partial charge is 0.496 e. The quantitative estimate of drug-likeness (QED) is 0.463. The predicted octanol–water partition coefficient (Wildman–Crippen LogP) is 4.40. The molecule has 0 aliphatic carbocycles. The summed E-state index contributed by atoms with van der Waals surface area (Å²) in [4.78, 5) is 2.36. The maximum atomic E-state index is 5.92. The topological polar surface area (TPSA) is 78.4 Å². The van der Waals surface area contributed by atoms with Crippen LogP contribution in [0, 0.1) is 0 Å². The van der Waals surface area contributed by atoms with Gasteiger partial charge in [0.15, 0.2) is 5.16 Å². The number of ether oxygens (including phenoxy) is 2. The summed E-state index contributed by atoms with van der Waals surface area (Å²) in [5.41, 5.74) is 1.69. The molecule has 0 radical (unpaired) electrons. The lowest BCUT2D eigenvalue weighted by Crippen LogP contribution is -2.33. The minimum Gasteiger partial charge on any atom is -0.496 e. The monoisotopic (exact) mass is 455 g/mol. The van der Waals surface area contributed by atoms with E-state index in [2.05, 4.69) is 24.8 Å². The first-order chi connectivity index (χ1) is 15.8. The van der Waals surface area contributed by atoms with Crippen molar-refractivity contribution in [3.8, 4) is 17.0 Å². The molecule has 9 heteroatoms. The average Bonchev–Trinajstić information content (AvgIpc) is 3.60. The number of piperidine rings is 1. The maximum absolute atomic E-state index is 5.92. The molecule has 32 heavy (non-hydrogen) atoms. The summed E-state index contributed by atoms with van der Waals surface area (Å²) < 4.78 is 19.2. The zero-order valence-corrected chi connectivity index (χ0v) is 19.2. The normalized spacial score (nSPS) is 18.9. The number of methoxy groups -OCH3 is 1. The summed E-state index contributed by atoms with van der Waals surface area (Å²) in [6.45, 7) is 3.72. The highest BCUT2D eigenvalue weighted by molar-refractivity contribution is 7.98. The van der Waals surface area contributed by atoms with Crippen molar-refractivity contribution in [2.24, 2.45) is 0 Å². The van der Waals surface area contributed by atoms with Crippen LogP contribution >= 0.6 is 11.8 Å². The van der Waals surface area contributed by atoms with Gasteiger partial charge in [-0.1, -0.05) is 29.1 Å². The molecule has 1 atom stereocenters. The van der Waals surface area contributed by atoms with E-state index in [4.69, 9.17) is 14.0 Å². The van der Waals surface area contributed by atoms with E-state index in [1.165, 1.54) is 19.3 Å². The number of rotatable bonds is 8. The number of hydrogen-bond donors (Lipinski definition) is 0. The molecule has 2 aliphatic heterocycles. The molecule has 0 spiro atoms. The van der Waals surface area contributed by atoms with Gasteiger partial charge in [-0.05, 0) is 44.2 Å². The Balaban J connectivity index is 1.32. The van der Waals surface area contributed by atoms with Crippen LogP contribution in [0.25, 0.3) is 11.3 Å². The van der Waals surface area contributed by atoms with E-state index in [9.17, 15) is 0 Å². The van der Waals surface area contributed by atoms with E-state index < -0.39 is 0 Å². The highest BCUT2D eigenvalue weighted by Crippen LogP contribution is 2.32. The van der Waals surface area contributed by atoms with Gasteiger partial charge in [-0.2, -0.15) is 0 Å². The maximum Gasteiger partial charge on any atom is 0.228 e. The number of nitrogens with zero attached hydrogens (tertiary/aromatic N) is 5. The fourth-order valence-electron chi connectivity index (χ4n) is 4.37. The molecular weight excluding hydrogens is 426 g/mol. The predicted molar refractivity (Wildman–Crippen MR) is 123 cm³/mol. The van der Waals surface area contributed by atoms with Gasteiger partial charge in [-0.15, -0.1) is 10.2 Å². The minimum absolute atomic E-state index is 0.233. The first-order valence-corrected chi connectivity index (χ1v) is 12.3. The number of thioether (sulfide) groups is 1. The Morgan fingerprint density at radius 3 is 2.81 bits per heavy atom. The Morgan fingerprint density at radius 2 is 2.00 bits per heavy atom. The molecule has 2 aliphatic rings. The Kier molecular flexibility index (Phi) is 6.64. The van der Waals surface area contributed by atoms with Crippen molar-refractivity contribution in [2.45, 2.75) is 55.7 Å². The van der Waals surface area contributed by atoms with Gasteiger partial charge in [0.05, 0.1) is 25.5 Å². The van der Waals surface area contributed by atoms with E-state index in [1.807, 2.05) is 30.3 Å². The molecule has 0 amide bonds. The number of anilines is 1. The van der Waals surface area contributed by atoms with Crippen LogP contribution in [0.4, 0.5) is 5.95 Å². The first-order valence-electron chi connectivity index (χ1n) is 11.3. The molecule has 2 aromatic heterocycles. The standard InChI is InChI=1S/C23H29N5O3S/c1-29-21-10-4-3-9-19(21)20-14-18(31-26-20)16-32-23-25-24-22(27-11-5-2-6-12-27)28(23)15-17-8-7-13-30-17/h3-4,9-10,14,17H,2,5-8,11-13,15-16H2,1H3. The molecule has 0 saturated carbocycles. The summed E-state index contributed by atoms with van der Waals surface area (Å²) in [5.74, 6) is 3.17. The highest BCUT2D eigenvalue weighted by Gasteiger charge is 2.25. The van der Waals surface area contributed by atoms with Crippen LogP contribution in [0.2, 0.25) is 0 Å². The SMILES string of the molecule is COc1ccccc1-c1cc(CSc2nnc(N3CCCCC3)n2CC2CCCO2)on1. The van der Waals surface area contributed by atoms with Gasteiger partial charge in [-0.3, -0.25) is 4.57 Å². The van der Waals surface area contributed by atoms with E-state index in [-0.39, 0.29) is 6.10 Å². The van der Waals surface area contributed by atoms with Crippen LogP contribution in [-0.4, -0.2) is 52.8 Å². The molecule has 4 heterocycles. The van der Waals surface area contributed by atoms with E-state index in [1.54, 1.807) is 18.9 Å². The van der Waals surface area contributed by atoms with Gasteiger partial charge >= 0.3 is 0 Å². The number of aromatic nitrogens is 4. The summed E-state index contributed by atoms with van der Waals surface area (Å²) >= 11 is 1.63. The third-order valence-electron chi connectivity index (χ3n) is 6.03. The van der Waals surface area contributed by atoms with Crippen LogP contribution in [-0.2, 0) is 17.0 Å². The zero-order chi connectivity index (χ0) is 21.8. The molecule has 170 valence electrons. The number of benzene rings is 1. The molecule has 3 aromatic rings. The third-order valence-corrected chi connectivity index (χ3v) is 7.02. The summed E-state index contributed by atoms with van der Waals surface area (Å²) in [6, 6.07) is 9.79. The Hall–Kier alpha value is -2.52. The summed E-state index contributed by atoms with van der Waals surface area (Å²) in [5, 5.41) is 14.3. The van der Waals surface area contributed by atoms with Gasteiger partial charge in [0.25, 0.3) is 0 Å². The van der Waals surface area contributed by atoms with E-state index >= 15 is 0 Å². The zero-order valence-electron chi connectivity index (χ0n) is 18.4. The third kappa shape index (κ3) is 4.63. The molecule has 5 rings (SSSR count). The summed E-state index contributed by atoms with van der Waals surface area (Å²) in [6.07, 6.45) is 6.15. The second-order valence-electron chi connectivity index (χ2n) is 8.24. The van der Waals surface area contributed by atoms with Crippen molar-refractivity contribution in [3.63, 3.8) is 0 Å². The number of para-hydroxylation sites is 1. The molecular formula is C23H29N5O3S. The van der Waals surface area contributed by atoms with Crippen LogP contribution in [0.3, 0.4) is 0 Å². The second kappa shape index (κ2) is 9.95. The molecule has 1 unspecified atom stereocenters. The Morgan fingerprint density at radius 1 is 1.12 bits per heavy atom. The van der Waals surface area contributed by atoms with Crippen LogP contribution in [0.1, 0.15) is 37.9 Å². The second-order valence-corrected chi connectivity index (χ2v) is 9.19. The highest BCUT2D eigenvalue weighted by atomic mass is 32.2. The van der Waals surface area contributed by atoms with Gasteiger partial charge in [0.1, 0.15) is 17.2 Å². The van der Waals surface area contributed by atoms with Crippen molar-refractivity contribution in [1.29, 1.82) is 0 Å². The number of hydrogen-bond acceptors (Lipinski definition) is 8. The average molecular weight is 456 g/mol. The Labute approximate surface area is 192 Å². The lowest BCUT2D eigenvalue weighted by atomic mass is 10.1. The lowest BCUT2D eigenvalue weighted by Gasteiger charge is -2.28. The lowest BCUT2D eigenvalue weighted by molar-refractivity contribution is 0.0951. The fraction of sp³-hybridized carbons (Fsp3) is 0.522. The van der Waals surface area contributed by atoms with Gasteiger partial charge in [0.2, 0.25) is 5.95 Å². The van der Waals surface area contributed by atoms with E-state index in [0.29, 0.717) is 5.75 Å². The van der Waals surface area contributed by atoms with Crippen molar-refractivity contribution in [2.75, 3.05) is 31.7 Å². The molecule has 2 fully saturated rings. The molecule has 2 saturated heterocycles. The van der Waals surface area contributed by atoms with Crippen molar-refractivity contribution in [3.05, 3.63) is 36.1 Å². The fourth-order valence-corrected chi connectivity index (χ4v) is 5.19. The van der Waals surface area contributed by atoms with Crippen LogP contribution < -0.4 is 9.64 Å². The van der Waals surface area contributed by atoms with Crippen molar-refractivity contribution >= 4 is 17.7 Å². The summed E-state index contributed by atoms with van der Waals surface area (Å²) in [7, 11) is 1.66. The molecule has 0 N–H and O–H groups in total. The van der Waals surface area contributed by atoms with Crippen molar-refractivity contribution < 1.29 is 14.0 Å². The smallest absolute Gasteiger partial charge is 0.228 e. The van der Waals surface area contributed by atoms with Gasteiger partial charge in [0, 0.05) is 31.3 Å². The van der Waals surface area contributed by atoms with Crippen LogP contribution in [0.15, 0.2) is 40.0 Å². The molecule has 1 aromatic carbocycles. The first kappa shape index (κ1) is 21.3. The minimum atomic E-state index is 0.233. The van der Waals surface area contributed by atoms with Gasteiger partial charge < -0.3 is 18.9 Å². The van der Waals surface area contributed by atoms with E-state index in [0.717, 1.165) is 73.0 Å². The molecule has 0 bridgehead atoms. The molecule has 8 nitrogen and oxygen atoms in total. The van der Waals surface area contributed by atoms with Crippen molar-refractivity contribution in [1.82, 2.24) is 19.9 Å². The van der Waals surface area contributed by atoms with Gasteiger partial charge in [-0.25, -0.2) is 0 Å².